The minimum atomic E-state index is -0.0709. The van der Waals surface area contributed by atoms with E-state index >= 15 is 0 Å². The fraction of sp³-hybridized carbons (Fsp3) is 0.818. The third kappa shape index (κ3) is 3.81. The molecule has 1 aliphatic rings. The average Bonchev–Trinajstić information content (AvgIpc) is 2.29. The van der Waals surface area contributed by atoms with Gasteiger partial charge in [0.25, 0.3) is 0 Å². The van der Waals surface area contributed by atoms with Crippen molar-refractivity contribution >= 4 is 11.8 Å². The number of rotatable bonds is 4. The van der Waals surface area contributed by atoms with E-state index in [1.54, 1.807) is 7.05 Å². The molecule has 2 amide bonds. The lowest BCUT2D eigenvalue weighted by molar-refractivity contribution is -0.126. The Balaban J connectivity index is 2.25. The predicted octanol–water partition coefficient (Wildman–Crippen LogP) is -0.244. The van der Waals surface area contributed by atoms with Gasteiger partial charge in [0.15, 0.2) is 0 Å². The van der Waals surface area contributed by atoms with Crippen molar-refractivity contribution in [2.45, 2.75) is 38.1 Å². The topological polar surface area (TPSA) is 84.2 Å². The van der Waals surface area contributed by atoms with E-state index in [2.05, 4.69) is 10.6 Å². The summed E-state index contributed by atoms with van der Waals surface area (Å²) in [7, 11) is 1.58. The number of nitrogens with two attached hydrogens (primary N) is 1. The molecule has 0 spiro atoms. The number of hydrogen-bond acceptors (Lipinski definition) is 3. The molecule has 5 heteroatoms. The second-order valence-electron chi connectivity index (χ2n) is 4.27. The quantitative estimate of drug-likeness (QED) is 0.619. The number of carbonyl (C=O) groups is 2. The first-order valence-electron chi connectivity index (χ1n) is 5.89. The normalized spacial score (nSPS) is 24.9. The molecular weight excluding hydrogens is 206 g/mol. The number of hydrogen-bond donors (Lipinski definition) is 3. The summed E-state index contributed by atoms with van der Waals surface area (Å²) in [4.78, 5) is 22.7. The van der Waals surface area contributed by atoms with Gasteiger partial charge in [-0.15, -0.1) is 0 Å². The highest BCUT2D eigenvalue weighted by Gasteiger charge is 2.27. The molecule has 2 atom stereocenters. The lowest BCUT2D eigenvalue weighted by atomic mass is 9.84. The summed E-state index contributed by atoms with van der Waals surface area (Å²) in [6.07, 6.45) is 4.30. The van der Waals surface area contributed by atoms with Gasteiger partial charge < -0.3 is 16.4 Å². The molecule has 2 unspecified atom stereocenters. The first kappa shape index (κ1) is 13.0. The van der Waals surface area contributed by atoms with Crippen molar-refractivity contribution in [2.24, 2.45) is 11.7 Å². The molecule has 1 aliphatic carbocycles. The molecule has 1 fully saturated rings. The number of nitrogens with one attached hydrogen (secondary N) is 2. The van der Waals surface area contributed by atoms with Gasteiger partial charge in [-0.1, -0.05) is 12.8 Å². The van der Waals surface area contributed by atoms with Gasteiger partial charge in [0.05, 0.1) is 5.92 Å². The first-order valence-corrected chi connectivity index (χ1v) is 5.89. The monoisotopic (exact) mass is 227 g/mol. The molecule has 0 radical (unpaired) electrons. The van der Waals surface area contributed by atoms with E-state index in [-0.39, 0.29) is 23.8 Å². The molecule has 0 aliphatic heterocycles. The van der Waals surface area contributed by atoms with Crippen molar-refractivity contribution in [1.82, 2.24) is 10.6 Å². The van der Waals surface area contributed by atoms with Crippen LogP contribution in [0.1, 0.15) is 32.1 Å². The van der Waals surface area contributed by atoms with Gasteiger partial charge in [-0.25, -0.2) is 0 Å². The maximum Gasteiger partial charge on any atom is 0.224 e. The highest BCUT2D eigenvalue weighted by atomic mass is 16.2. The third-order valence-electron chi connectivity index (χ3n) is 3.09. The van der Waals surface area contributed by atoms with Crippen LogP contribution in [0.2, 0.25) is 0 Å². The van der Waals surface area contributed by atoms with Crippen LogP contribution in [0.25, 0.3) is 0 Å². The zero-order chi connectivity index (χ0) is 12.0. The lowest BCUT2D eigenvalue weighted by Crippen LogP contribution is -2.44. The van der Waals surface area contributed by atoms with Gasteiger partial charge in [0.2, 0.25) is 11.8 Å². The summed E-state index contributed by atoms with van der Waals surface area (Å²) in [5, 5.41) is 5.28. The Morgan fingerprint density at radius 3 is 2.62 bits per heavy atom. The molecule has 0 aromatic carbocycles. The van der Waals surface area contributed by atoms with E-state index in [1.165, 1.54) is 0 Å². The second kappa shape index (κ2) is 6.48. The van der Waals surface area contributed by atoms with Crippen LogP contribution in [0.15, 0.2) is 0 Å². The molecule has 4 N–H and O–H groups in total. The third-order valence-corrected chi connectivity index (χ3v) is 3.09. The van der Waals surface area contributed by atoms with E-state index in [4.69, 9.17) is 5.73 Å². The Morgan fingerprint density at radius 2 is 2.00 bits per heavy atom. The van der Waals surface area contributed by atoms with Crippen molar-refractivity contribution < 1.29 is 9.59 Å². The Bertz CT molecular complexity index is 256. The van der Waals surface area contributed by atoms with Crippen molar-refractivity contribution in [3.8, 4) is 0 Å². The lowest BCUT2D eigenvalue weighted by Gasteiger charge is -2.27. The van der Waals surface area contributed by atoms with Crippen LogP contribution >= 0.6 is 0 Å². The van der Waals surface area contributed by atoms with Crippen molar-refractivity contribution in [2.75, 3.05) is 13.6 Å². The molecule has 92 valence electrons. The molecule has 0 bridgehead atoms. The van der Waals surface area contributed by atoms with Crippen LogP contribution in [0.5, 0.6) is 0 Å². The molecular formula is C11H21N3O2. The molecule has 0 heterocycles. The SMILES string of the molecule is CNC(=O)CCNC(=O)C1CCCCC1N. The Kier molecular flexibility index (Phi) is 5.25. The van der Waals surface area contributed by atoms with E-state index in [0.717, 1.165) is 25.7 Å². The molecule has 5 nitrogen and oxygen atoms in total. The van der Waals surface area contributed by atoms with Gasteiger partial charge in [-0.05, 0) is 12.8 Å². The van der Waals surface area contributed by atoms with E-state index in [0.29, 0.717) is 13.0 Å². The number of carbonyl (C=O) groups excluding carboxylic acids is 2. The zero-order valence-electron chi connectivity index (χ0n) is 9.79. The van der Waals surface area contributed by atoms with E-state index in [1.807, 2.05) is 0 Å². The predicted molar refractivity (Wildman–Crippen MR) is 61.6 cm³/mol. The van der Waals surface area contributed by atoms with Crippen LogP contribution in [0, 0.1) is 5.92 Å². The standard InChI is InChI=1S/C11H21N3O2/c1-13-10(15)6-7-14-11(16)8-4-2-3-5-9(8)12/h8-9H,2-7,12H2,1H3,(H,13,15)(H,14,16). The smallest absolute Gasteiger partial charge is 0.224 e. The van der Waals surface area contributed by atoms with Gasteiger partial charge >= 0.3 is 0 Å². The molecule has 0 saturated heterocycles. The van der Waals surface area contributed by atoms with Gasteiger partial charge in [0, 0.05) is 26.1 Å². The Morgan fingerprint density at radius 1 is 1.31 bits per heavy atom. The maximum atomic E-state index is 11.8. The van der Waals surface area contributed by atoms with Crippen LogP contribution < -0.4 is 16.4 Å². The van der Waals surface area contributed by atoms with E-state index in [9.17, 15) is 9.59 Å². The van der Waals surface area contributed by atoms with Crippen LogP contribution in [-0.4, -0.2) is 31.4 Å². The van der Waals surface area contributed by atoms with Crippen LogP contribution in [-0.2, 0) is 9.59 Å². The van der Waals surface area contributed by atoms with Gasteiger partial charge in [-0.2, -0.15) is 0 Å². The Hall–Kier alpha value is -1.10. The minimum absolute atomic E-state index is 0.00361. The highest BCUT2D eigenvalue weighted by molar-refractivity contribution is 5.81. The summed E-state index contributed by atoms with van der Waals surface area (Å²) in [6, 6.07) is -0.0197. The summed E-state index contributed by atoms with van der Waals surface area (Å²) < 4.78 is 0. The fourth-order valence-corrected chi connectivity index (χ4v) is 2.04. The van der Waals surface area contributed by atoms with Gasteiger partial charge in [0.1, 0.15) is 0 Å². The van der Waals surface area contributed by atoms with Crippen molar-refractivity contribution in [1.29, 1.82) is 0 Å². The fourth-order valence-electron chi connectivity index (χ4n) is 2.04. The summed E-state index contributed by atoms with van der Waals surface area (Å²) >= 11 is 0. The van der Waals surface area contributed by atoms with Crippen molar-refractivity contribution in [3.05, 3.63) is 0 Å². The molecule has 0 aromatic rings. The average molecular weight is 227 g/mol. The minimum Gasteiger partial charge on any atom is -0.359 e. The molecule has 0 aromatic heterocycles. The Labute approximate surface area is 96.1 Å². The number of amides is 2. The second-order valence-corrected chi connectivity index (χ2v) is 4.27. The summed E-state index contributed by atoms with van der Waals surface area (Å²) in [5.41, 5.74) is 5.90. The zero-order valence-corrected chi connectivity index (χ0v) is 9.79. The molecule has 1 saturated carbocycles. The van der Waals surface area contributed by atoms with E-state index < -0.39 is 0 Å². The summed E-state index contributed by atoms with van der Waals surface area (Å²) in [6.45, 7) is 0.391. The largest absolute Gasteiger partial charge is 0.359 e. The van der Waals surface area contributed by atoms with Crippen molar-refractivity contribution in [3.63, 3.8) is 0 Å². The van der Waals surface area contributed by atoms with Crippen LogP contribution in [0.4, 0.5) is 0 Å². The maximum absolute atomic E-state index is 11.8. The summed E-state index contributed by atoms with van der Waals surface area (Å²) in [5.74, 6) is -0.136. The molecule has 1 rings (SSSR count). The first-order chi connectivity index (χ1) is 7.65. The van der Waals surface area contributed by atoms with Crippen LogP contribution in [0.3, 0.4) is 0 Å². The van der Waals surface area contributed by atoms with Gasteiger partial charge in [-0.3, -0.25) is 9.59 Å². The highest BCUT2D eigenvalue weighted by Crippen LogP contribution is 2.22. The molecule has 16 heavy (non-hydrogen) atoms.